The molecule has 0 aliphatic rings. The van der Waals surface area contributed by atoms with Crippen molar-refractivity contribution in [3.05, 3.63) is 24.0 Å². The minimum atomic E-state index is -0.150. The number of hydrogen-bond acceptors (Lipinski definition) is 3. The van der Waals surface area contributed by atoms with Gasteiger partial charge in [0.15, 0.2) is 5.78 Å². The summed E-state index contributed by atoms with van der Waals surface area (Å²) in [7, 11) is 1.52. The van der Waals surface area contributed by atoms with Gasteiger partial charge in [-0.3, -0.25) is 9.78 Å². The lowest BCUT2D eigenvalue weighted by atomic mass is 10.2. The predicted octanol–water partition coefficient (Wildman–Crippen LogP) is 1.51. The molecule has 0 N–H and O–H groups in total. The van der Waals surface area contributed by atoms with Gasteiger partial charge in [-0.15, -0.1) is 11.6 Å². The lowest BCUT2D eigenvalue weighted by Gasteiger charge is -2.00. The van der Waals surface area contributed by atoms with Crippen LogP contribution in [0.15, 0.2) is 18.5 Å². The lowest BCUT2D eigenvalue weighted by Crippen LogP contribution is -2.01. The Kier molecular flexibility index (Phi) is 3.05. The first-order valence-corrected chi connectivity index (χ1v) is 3.89. The number of carbonyl (C=O) groups is 1. The average molecular weight is 186 g/mol. The van der Waals surface area contributed by atoms with Crippen LogP contribution in [0.3, 0.4) is 0 Å². The Hall–Kier alpha value is -1.09. The maximum atomic E-state index is 11.1. The Bertz CT molecular complexity index is 288. The molecule has 1 aromatic rings. The van der Waals surface area contributed by atoms with Gasteiger partial charge in [0.25, 0.3) is 0 Å². The SMILES string of the molecule is COc1cncc(C(=O)CCl)c1. The molecule has 0 unspecified atom stereocenters. The van der Waals surface area contributed by atoms with Gasteiger partial charge in [0.05, 0.1) is 19.2 Å². The number of nitrogens with zero attached hydrogens (tertiary/aromatic N) is 1. The molecule has 1 heterocycles. The van der Waals surface area contributed by atoms with E-state index in [1.807, 2.05) is 0 Å². The molecule has 0 aliphatic heterocycles. The minimum Gasteiger partial charge on any atom is -0.495 e. The summed E-state index contributed by atoms with van der Waals surface area (Å²) in [5, 5.41) is 0. The second-order valence-electron chi connectivity index (χ2n) is 2.17. The van der Waals surface area contributed by atoms with Crippen molar-refractivity contribution in [3.63, 3.8) is 0 Å². The van der Waals surface area contributed by atoms with Crippen molar-refractivity contribution in [2.75, 3.05) is 13.0 Å². The Morgan fingerprint density at radius 2 is 2.42 bits per heavy atom. The fourth-order valence-electron chi connectivity index (χ4n) is 0.760. The third-order valence-corrected chi connectivity index (χ3v) is 1.63. The normalized spacial score (nSPS) is 9.50. The molecule has 64 valence electrons. The number of ether oxygens (including phenoxy) is 1. The van der Waals surface area contributed by atoms with E-state index >= 15 is 0 Å². The van der Waals surface area contributed by atoms with Crippen molar-refractivity contribution in [1.82, 2.24) is 4.98 Å². The molecule has 0 radical (unpaired) electrons. The minimum absolute atomic E-state index is 0.0329. The molecule has 0 saturated heterocycles. The van der Waals surface area contributed by atoms with Gasteiger partial charge >= 0.3 is 0 Å². The number of carbonyl (C=O) groups excluding carboxylic acids is 1. The molecule has 0 aliphatic carbocycles. The standard InChI is InChI=1S/C8H8ClNO2/c1-12-7-2-6(4-10-5-7)8(11)3-9/h2,4-5H,3H2,1H3. The number of pyridine rings is 1. The van der Waals surface area contributed by atoms with Crippen LogP contribution in [0, 0.1) is 0 Å². The highest BCUT2D eigenvalue weighted by molar-refractivity contribution is 6.30. The molecule has 0 aromatic carbocycles. The molecule has 12 heavy (non-hydrogen) atoms. The van der Waals surface area contributed by atoms with E-state index in [1.165, 1.54) is 19.5 Å². The van der Waals surface area contributed by atoms with Gasteiger partial charge in [0.2, 0.25) is 0 Å². The van der Waals surface area contributed by atoms with Gasteiger partial charge in [0, 0.05) is 11.8 Å². The summed E-state index contributed by atoms with van der Waals surface area (Å²) >= 11 is 5.36. The summed E-state index contributed by atoms with van der Waals surface area (Å²) in [6.07, 6.45) is 3.00. The molecule has 0 spiro atoms. The van der Waals surface area contributed by atoms with Crippen LogP contribution in [0.2, 0.25) is 0 Å². The first-order chi connectivity index (χ1) is 5.77. The number of halogens is 1. The molecular formula is C8H8ClNO2. The van der Waals surface area contributed by atoms with Crippen molar-refractivity contribution >= 4 is 17.4 Å². The van der Waals surface area contributed by atoms with Gasteiger partial charge < -0.3 is 4.74 Å². The average Bonchev–Trinajstić information content (AvgIpc) is 2.17. The summed E-state index contributed by atoms with van der Waals surface area (Å²) in [5.74, 6) is 0.378. The molecule has 0 fully saturated rings. The maximum absolute atomic E-state index is 11.1. The van der Waals surface area contributed by atoms with Gasteiger partial charge in [-0.05, 0) is 6.07 Å². The van der Waals surface area contributed by atoms with E-state index in [0.29, 0.717) is 11.3 Å². The number of aromatic nitrogens is 1. The summed E-state index contributed by atoms with van der Waals surface area (Å²) in [5.41, 5.74) is 0.476. The number of methoxy groups -OCH3 is 1. The van der Waals surface area contributed by atoms with Crippen molar-refractivity contribution in [1.29, 1.82) is 0 Å². The lowest BCUT2D eigenvalue weighted by molar-refractivity contribution is 0.102. The molecule has 3 nitrogen and oxygen atoms in total. The zero-order valence-electron chi connectivity index (χ0n) is 6.58. The zero-order valence-corrected chi connectivity index (χ0v) is 7.34. The topological polar surface area (TPSA) is 39.2 Å². The van der Waals surface area contributed by atoms with Crippen LogP contribution in [0.4, 0.5) is 0 Å². The van der Waals surface area contributed by atoms with Crippen LogP contribution in [-0.4, -0.2) is 23.8 Å². The number of hydrogen-bond donors (Lipinski definition) is 0. The molecule has 1 rings (SSSR count). The highest BCUT2D eigenvalue weighted by Crippen LogP contribution is 2.10. The highest BCUT2D eigenvalue weighted by atomic mass is 35.5. The number of ketones is 1. The van der Waals surface area contributed by atoms with E-state index in [1.54, 1.807) is 6.07 Å². The third-order valence-electron chi connectivity index (χ3n) is 1.39. The molecule has 0 amide bonds. The molecule has 1 aromatic heterocycles. The monoisotopic (exact) mass is 185 g/mol. The van der Waals surface area contributed by atoms with E-state index in [0.717, 1.165) is 0 Å². The van der Waals surface area contributed by atoms with Crippen molar-refractivity contribution in [2.24, 2.45) is 0 Å². The largest absolute Gasteiger partial charge is 0.495 e. The maximum Gasteiger partial charge on any atom is 0.179 e. The van der Waals surface area contributed by atoms with E-state index in [-0.39, 0.29) is 11.7 Å². The van der Waals surface area contributed by atoms with Crippen LogP contribution in [0.25, 0.3) is 0 Å². The van der Waals surface area contributed by atoms with E-state index in [9.17, 15) is 4.79 Å². The van der Waals surface area contributed by atoms with Crippen molar-refractivity contribution in [3.8, 4) is 5.75 Å². The zero-order chi connectivity index (χ0) is 8.97. The van der Waals surface area contributed by atoms with Crippen LogP contribution in [0.1, 0.15) is 10.4 Å². The smallest absolute Gasteiger partial charge is 0.179 e. The molecule has 0 bridgehead atoms. The van der Waals surface area contributed by atoms with Crippen LogP contribution in [0.5, 0.6) is 5.75 Å². The second-order valence-corrected chi connectivity index (χ2v) is 2.44. The van der Waals surface area contributed by atoms with Gasteiger partial charge in [-0.25, -0.2) is 0 Å². The number of alkyl halides is 1. The summed E-state index contributed by atoms with van der Waals surface area (Å²) in [6.45, 7) is 0. The van der Waals surface area contributed by atoms with Gasteiger partial charge in [0.1, 0.15) is 5.75 Å². The van der Waals surface area contributed by atoms with Crippen LogP contribution >= 0.6 is 11.6 Å². The number of Topliss-reactive ketones (excluding diaryl/α,β-unsaturated/α-hetero) is 1. The van der Waals surface area contributed by atoms with E-state index in [2.05, 4.69) is 4.98 Å². The fourth-order valence-corrected chi connectivity index (χ4v) is 0.914. The summed E-state index contributed by atoms with van der Waals surface area (Å²) < 4.78 is 4.89. The second kappa shape index (κ2) is 4.07. The fraction of sp³-hybridized carbons (Fsp3) is 0.250. The third kappa shape index (κ3) is 1.95. The van der Waals surface area contributed by atoms with Gasteiger partial charge in [-0.1, -0.05) is 0 Å². The molecule has 0 saturated carbocycles. The Morgan fingerprint density at radius 1 is 1.67 bits per heavy atom. The Labute approximate surface area is 75.3 Å². The van der Waals surface area contributed by atoms with E-state index in [4.69, 9.17) is 16.3 Å². The van der Waals surface area contributed by atoms with Gasteiger partial charge in [-0.2, -0.15) is 0 Å². The number of rotatable bonds is 3. The molecule has 4 heteroatoms. The summed E-state index contributed by atoms with van der Waals surface area (Å²) in [6, 6.07) is 1.61. The highest BCUT2D eigenvalue weighted by Gasteiger charge is 2.04. The summed E-state index contributed by atoms with van der Waals surface area (Å²) in [4.78, 5) is 14.9. The first kappa shape index (κ1) is 9.00. The Balaban J connectivity index is 2.93. The Morgan fingerprint density at radius 3 is 3.00 bits per heavy atom. The van der Waals surface area contributed by atoms with Crippen LogP contribution < -0.4 is 4.74 Å². The van der Waals surface area contributed by atoms with Crippen molar-refractivity contribution < 1.29 is 9.53 Å². The van der Waals surface area contributed by atoms with Crippen LogP contribution in [-0.2, 0) is 0 Å². The predicted molar refractivity (Wildman–Crippen MR) is 45.8 cm³/mol. The van der Waals surface area contributed by atoms with E-state index < -0.39 is 0 Å². The molecular weight excluding hydrogens is 178 g/mol. The molecule has 0 atom stereocenters. The quantitative estimate of drug-likeness (QED) is 0.529. The van der Waals surface area contributed by atoms with Crippen molar-refractivity contribution in [2.45, 2.75) is 0 Å². The first-order valence-electron chi connectivity index (χ1n) is 3.36.